The molecule has 1 rings (SSSR count). The van der Waals surface area contributed by atoms with E-state index in [9.17, 15) is 14.2 Å². The van der Waals surface area contributed by atoms with Crippen LogP contribution in [0.3, 0.4) is 0 Å². The van der Waals surface area contributed by atoms with Gasteiger partial charge in [0.2, 0.25) is 0 Å². The molecule has 62 heavy (non-hydrogen) atoms. The Balaban J connectivity index is 2.53. The van der Waals surface area contributed by atoms with Gasteiger partial charge in [-0.15, -0.1) is 0 Å². The number of ether oxygens (including phenoxy) is 2. The number of rotatable bonds is 47. The summed E-state index contributed by atoms with van der Waals surface area (Å²) >= 11 is 0. The molecule has 1 aromatic carbocycles. The van der Waals surface area contributed by atoms with E-state index in [1.807, 2.05) is 13.8 Å². The van der Waals surface area contributed by atoms with Crippen LogP contribution in [0.15, 0.2) is 18.2 Å². The molecule has 0 aliphatic carbocycles. The highest BCUT2D eigenvalue weighted by Gasteiger charge is 2.31. The Labute approximate surface area is 383 Å². The van der Waals surface area contributed by atoms with E-state index >= 15 is 0 Å². The first-order chi connectivity index (χ1) is 30.4. The Hall–Kier alpha value is -1.69. The number of benzene rings is 1. The van der Waals surface area contributed by atoms with E-state index < -0.39 is 19.5 Å². The first-order valence-corrected chi connectivity index (χ1v) is 28.3. The van der Waals surface area contributed by atoms with Gasteiger partial charge in [-0.2, -0.15) is 0 Å². The normalized spacial score (nSPS) is 11.7. The van der Waals surface area contributed by atoms with Gasteiger partial charge in [0.25, 0.3) is 0 Å². The lowest BCUT2D eigenvalue weighted by Crippen LogP contribution is -2.18. The Morgan fingerprint density at radius 2 is 0.581 bits per heavy atom. The van der Waals surface area contributed by atoms with E-state index in [2.05, 4.69) is 13.8 Å². The third kappa shape index (κ3) is 32.9. The standard InChI is InChI=1S/C54H99O7P/c1-5-9-11-13-15-17-19-21-23-25-27-29-31-33-35-37-39-41-45-60-62(57,52-48-50(53(55)58-43-7-3)47-51(49-52)54(56)59-44-8-4)61-46-42-40-38-36-34-32-30-28-26-24-22-20-18-16-14-12-10-6-2/h47-49H,5-46H2,1-4H3. The summed E-state index contributed by atoms with van der Waals surface area (Å²) in [7, 11) is -3.86. The average molecular weight is 891 g/mol. The number of hydrogen-bond donors (Lipinski definition) is 0. The number of carbonyl (C=O) groups is 2. The number of hydrogen-bond acceptors (Lipinski definition) is 7. The van der Waals surface area contributed by atoms with Gasteiger partial charge in [0.15, 0.2) is 0 Å². The highest BCUT2D eigenvalue weighted by atomic mass is 31.2. The molecule has 0 radical (unpaired) electrons. The predicted octanol–water partition coefficient (Wildman–Crippen LogP) is 17.8. The van der Waals surface area contributed by atoms with Gasteiger partial charge >= 0.3 is 19.5 Å². The Morgan fingerprint density at radius 1 is 0.339 bits per heavy atom. The zero-order valence-electron chi connectivity index (χ0n) is 41.2. The van der Waals surface area contributed by atoms with Gasteiger partial charge in [0.05, 0.1) is 42.9 Å². The minimum absolute atomic E-state index is 0.146. The molecule has 0 spiro atoms. The third-order valence-electron chi connectivity index (χ3n) is 12.1. The van der Waals surface area contributed by atoms with Gasteiger partial charge in [-0.3, -0.25) is 4.57 Å². The molecule has 0 amide bonds. The van der Waals surface area contributed by atoms with Crippen LogP contribution in [0.1, 0.15) is 292 Å². The van der Waals surface area contributed by atoms with Crippen molar-refractivity contribution in [1.29, 1.82) is 0 Å². The van der Waals surface area contributed by atoms with Crippen molar-refractivity contribution in [3.8, 4) is 0 Å². The summed E-state index contributed by atoms with van der Waals surface area (Å²) in [6, 6.07) is 4.49. The molecule has 0 fully saturated rings. The van der Waals surface area contributed by atoms with Crippen molar-refractivity contribution in [2.75, 3.05) is 26.4 Å². The summed E-state index contributed by atoms with van der Waals surface area (Å²) in [5.41, 5.74) is 0.293. The lowest BCUT2D eigenvalue weighted by Gasteiger charge is -2.20. The summed E-state index contributed by atoms with van der Waals surface area (Å²) in [5, 5.41) is 0.205. The molecule has 0 saturated carbocycles. The molecule has 0 N–H and O–H groups in total. The maximum absolute atomic E-state index is 14.6. The molecule has 0 aliphatic rings. The van der Waals surface area contributed by atoms with E-state index in [-0.39, 0.29) is 42.9 Å². The number of unbranched alkanes of at least 4 members (excludes halogenated alkanes) is 34. The Kier molecular flexibility index (Phi) is 40.7. The van der Waals surface area contributed by atoms with Crippen LogP contribution in [0, 0.1) is 0 Å². The minimum Gasteiger partial charge on any atom is -0.462 e. The highest BCUT2D eigenvalue weighted by Crippen LogP contribution is 2.48. The van der Waals surface area contributed by atoms with Gasteiger partial charge in [-0.05, 0) is 43.9 Å². The second-order valence-corrected chi connectivity index (χ2v) is 20.3. The van der Waals surface area contributed by atoms with Crippen molar-refractivity contribution in [2.45, 2.75) is 272 Å². The van der Waals surface area contributed by atoms with Gasteiger partial charge in [0.1, 0.15) is 0 Å². The van der Waals surface area contributed by atoms with Crippen molar-refractivity contribution in [3.05, 3.63) is 29.3 Å². The van der Waals surface area contributed by atoms with E-state index in [4.69, 9.17) is 18.5 Å². The zero-order chi connectivity index (χ0) is 45.0. The van der Waals surface area contributed by atoms with Crippen molar-refractivity contribution in [3.63, 3.8) is 0 Å². The molecule has 362 valence electrons. The van der Waals surface area contributed by atoms with Gasteiger partial charge < -0.3 is 18.5 Å². The van der Waals surface area contributed by atoms with Crippen LogP contribution in [0.5, 0.6) is 0 Å². The molecule has 0 atom stereocenters. The molecule has 0 aromatic heterocycles. The van der Waals surface area contributed by atoms with Crippen LogP contribution in [0.4, 0.5) is 0 Å². The maximum Gasteiger partial charge on any atom is 0.361 e. The smallest absolute Gasteiger partial charge is 0.361 e. The van der Waals surface area contributed by atoms with E-state index in [0.717, 1.165) is 38.5 Å². The SMILES string of the molecule is CCCCCCCCCCCCCCCCCCCCOP(=O)(OCCCCCCCCCCCCCCCCCCCC)c1cc(C(=O)OCCC)cc(C(=O)OCCC)c1. The molecule has 7 nitrogen and oxygen atoms in total. The molecule has 0 saturated heterocycles. The summed E-state index contributed by atoms with van der Waals surface area (Å²) in [4.78, 5) is 26.0. The fourth-order valence-corrected chi connectivity index (χ4v) is 9.83. The fourth-order valence-electron chi connectivity index (χ4n) is 8.12. The highest BCUT2D eigenvalue weighted by molar-refractivity contribution is 7.62. The lowest BCUT2D eigenvalue weighted by atomic mass is 10.0. The molecule has 1 aromatic rings. The Morgan fingerprint density at radius 3 is 0.823 bits per heavy atom. The molecule has 0 unspecified atom stereocenters. The van der Waals surface area contributed by atoms with Crippen LogP contribution < -0.4 is 5.30 Å². The molecule has 0 heterocycles. The van der Waals surface area contributed by atoms with Crippen molar-refractivity contribution < 1.29 is 32.7 Å². The van der Waals surface area contributed by atoms with Crippen molar-refractivity contribution in [2.24, 2.45) is 0 Å². The first kappa shape index (κ1) is 58.3. The summed E-state index contributed by atoms with van der Waals surface area (Å²) in [6.07, 6.45) is 47.9. The molecule has 8 heteroatoms. The second kappa shape index (κ2) is 43.2. The maximum atomic E-state index is 14.6. The zero-order valence-corrected chi connectivity index (χ0v) is 42.1. The van der Waals surface area contributed by atoms with Crippen LogP contribution in [-0.4, -0.2) is 38.4 Å². The van der Waals surface area contributed by atoms with Gasteiger partial charge in [-0.1, -0.05) is 246 Å². The van der Waals surface area contributed by atoms with E-state index in [1.54, 1.807) is 0 Å². The van der Waals surface area contributed by atoms with Crippen molar-refractivity contribution in [1.82, 2.24) is 0 Å². The van der Waals surface area contributed by atoms with Crippen LogP contribution in [0.2, 0.25) is 0 Å². The second-order valence-electron chi connectivity index (χ2n) is 18.2. The summed E-state index contributed by atoms with van der Waals surface area (Å²) < 4.78 is 37.7. The first-order valence-electron chi connectivity index (χ1n) is 26.8. The van der Waals surface area contributed by atoms with Crippen LogP contribution >= 0.6 is 7.60 Å². The van der Waals surface area contributed by atoms with E-state index in [0.29, 0.717) is 12.8 Å². The van der Waals surface area contributed by atoms with Crippen LogP contribution in [0.25, 0.3) is 0 Å². The minimum atomic E-state index is -3.86. The average Bonchev–Trinajstić information content (AvgIpc) is 3.28. The number of esters is 2. The van der Waals surface area contributed by atoms with Gasteiger partial charge in [0, 0.05) is 0 Å². The molecule has 0 aliphatic heterocycles. The molecular weight excluding hydrogens is 792 g/mol. The summed E-state index contributed by atoms with van der Waals surface area (Å²) in [5.74, 6) is -1.14. The third-order valence-corrected chi connectivity index (χ3v) is 14.0. The summed E-state index contributed by atoms with van der Waals surface area (Å²) in [6.45, 7) is 9.49. The number of carbonyl (C=O) groups excluding carboxylic acids is 2. The Bertz CT molecular complexity index is 1130. The molecular formula is C54H99O7P. The fraction of sp³-hybridized carbons (Fsp3) is 0.852. The lowest BCUT2D eigenvalue weighted by molar-refractivity contribution is 0.0503. The van der Waals surface area contributed by atoms with Gasteiger partial charge in [-0.25, -0.2) is 9.59 Å². The van der Waals surface area contributed by atoms with Crippen LogP contribution in [-0.2, 0) is 23.1 Å². The quantitative estimate of drug-likeness (QED) is 0.0366. The van der Waals surface area contributed by atoms with E-state index in [1.165, 1.54) is 211 Å². The monoisotopic (exact) mass is 891 g/mol. The predicted molar refractivity (Wildman–Crippen MR) is 264 cm³/mol. The molecule has 0 bridgehead atoms. The topological polar surface area (TPSA) is 88.1 Å². The van der Waals surface area contributed by atoms with Crippen molar-refractivity contribution >= 4 is 24.8 Å². The largest absolute Gasteiger partial charge is 0.462 e.